The summed E-state index contributed by atoms with van der Waals surface area (Å²) in [6, 6.07) is 5.06. The Morgan fingerprint density at radius 3 is 2.50 bits per heavy atom. The molecule has 28 heavy (non-hydrogen) atoms. The monoisotopic (exact) mass is 385 g/mol. The summed E-state index contributed by atoms with van der Waals surface area (Å²) in [7, 11) is -0.582. The number of benzene rings is 1. The lowest BCUT2D eigenvalue weighted by Crippen LogP contribution is -2.41. The zero-order chi connectivity index (χ0) is 20.5. The third-order valence-corrected chi connectivity index (χ3v) is 5.56. The molecule has 0 radical (unpaired) electrons. The molecule has 1 fully saturated rings. The number of hydrogen-bond acceptors (Lipinski definition) is 4. The normalized spacial score (nSPS) is 17.7. The average molecular weight is 385 g/mol. The van der Waals surface area contributed by atoms with Crippen LogP contribution in [0.4, 0.5) is 4.39 Å². The summed E-state index contributed by atoms with van der Waals surface area (Å²) in [5.74, 6) is 0.439. The van der Waals surface area contributed by atoms with Gasteiger partial charge in [0, 0.05) is 12.1 Å². The van der Waals surface area contributed by atoms with Gasteiger partial charge in [-0.3, -0.25) is 0 Å². The average Bonchev–Trinajstić information content (AvgIpc) is 3.16. The van der Waals surface area contributed by atoms with Crippen LogP contribution in [0.15, 0.2) is 37.2 Å². The molecule has 0 aliphatic carbocycles. The number of rotatable bonds is 7. The van der Waals surface area contributed by atoms with E-state index < -0.39 is 18.3 Å². The number of aromatic nitrogens is 2. The molecule has 7 heteroatoms. The molecule has 1 aromatic carbocycles. The van der Waals surface area contributed by atoms with Crippen molar-refractivity contribution in [3.8, 4) is 11.3 Å². The highest BCUT2D eigenvalue weighted by atomic mass is 19.1. The highest BCUT2D eigenvalue weighted by Gasteiger charge is 2.51. The summed E-state index contributed by atoms with van der Waals surface area (Å²) in [6.07, 6.45) is 4.48. The Kier molecular flexibility index (Phi) is 5.68. The molecule has 0 bridgehead atoms. The Morgan fingerprint density at radius 2 is 1.93 bits per heavy atom. The lowest BCUT2D eigenvalue weighted by Gasteiger charge is -2.32. The smallest absolute Gasteiger partial charge is 0.399 e. The van der Waals surface area contributed by atoms with Gasteiger partial charge < -0.3 is 19.2 Å². The van der Waals surface area contributed by atoms with Crippen LogP contribution < -0.4 is 5.46 Å². The molecule has 0 atom stereocenters. The number of aromatic amines is 1. The van der Waals surface area contributed by atoms with Crippen LogP contribution in [-0.2, 0) is 15.9 Å². The first-order valence-electron chi connectivity index (χ1n) is 9.73. The Hall–Kier alpha value is -2.12. The van der Waals surface area contributed by atoms with Crippen LogP contribution in [0, 0.1) is 5.82 Å². The van der Waals surface area contributed by atoms with Crippen molar-refractivity contribution in [2.45, 2.75) is 58.8 Å². The Bertz CT molecular complexity index is 834. The summed E-state index contributed by atoms with van der Waals surface area (Å²) in [5, 5.41) is 0. The standard InChI is InChI=1S/C21H29BFN3O2/c1-7-11-26(8-2)14-19-24-13-18(25-19)16-10-9-15(12-17(16)23)22-27-20(3,4)21(5,6)28-22/h8-10,12-13H,2,7,11,14H2,1,3-6H3,(H,24,25). The molecule has 150 valence electrons. The van der Waals surface area contributed by atoms with Crippen molar-refractivity contribution in [2.24, 2.45) is 0 Å². The van der Waals surface area contributed by atoms with Gasteiger partial charge in [0.2, 0.25) is 0 Å². The SMILES string of the molecule is C=CN(CCC)Cc1ncc(-c2ccc(B3OC(C)(C)C(C)(C)O3)cc2F)[nH]1. The maximum absolute atomic E-state index is 14.8. The first kappa shape index (κ1) is 20.6. The second-order valence-electron chi connectivity index (χ2n) is 8.22. The first-order valence-corrected chi connectivity index (χ1v) is 9.73. The molecule has 3 rings (SSSR count). The van der Waals surface area contributed by atoms with E-state index in [4.69, 9.17) is 9.31 Å². The summed E-state index contributed by atoms with van der Waals surface area (Å²) >= 11 is 0. The van der Waals surface area contributed by atoms with E-state index in [0.717, 1.165) is 18.8 Å². The molecule has 0 unspecified atom stereocenters. The highest BCUT2D eigenvalue weighted by Crippen LogP contribution is 2.36. The van der Waals surface area contributed by atoms with Gasteiger partial charge in [-0.1, -0.05) is 25.6 Å². The summed E-state index contributed by atoms with van der Waals surface area (Å²) < 4.78 is 26.9. The van der Waals surface area contributed by atoms with Crippen LogP contribution in [0.25, 0.3) is 11.3 Å². The van der Waals surface area contributed by atoms with Gasteiger partial charge in [0.25, 0.3) is 0 Å². The van der Waals surface area contributed by atoms with Crippen molar-refractivity contribution < 1.29 is 13.7 Å². The lowest BCUT2D eigenvalue weighted by atomic mass is 9.78. The summed E-state index contributed by atoms with van der Waals surface area (Å²) in [6.45, 7) is 15.4. The number of nitrogens with zero attached hydrogens (tertiary/aromatic N) is 2. The maximum Gasteiger partial charge on any atom is 0.494 e. The lowest BCUT2D eigenvalue weighted by molar-refractivity contribution is 0.00578. The van der Waals surface area contributed by atoms with Crippen LogP contribution in [0.2, 0.25) is 0 Å². The fraction of sp³-hybridized carbons (Fsp3) is 0.476. The predicted octanol–water partition coefficient (Wildman–Crippen LogP) is 3.87. The zero-order valence-electron chi connectivity index (χ0n) is 17.4. The van der Waals surface area contributed by atoms with Gasteiger partial charge in [0.15, 0.2) is 0 Å². The van der Waals surface area contributed by atoms with E-state index in [0.29, 0.717) is 23.3 Å². The topological polar surface area (TPSA) is 50.4 Å². The van der Waals surface area contributed by atoms with Crippen LogP contribution in [0.5, 0.6) is 0 Å². The third-order valence-electron chi connectivity index (χ3n) is 5.56. The highest BCUT2D eigenvalue weighted by molar-refractivity contribution is 6.62. The maximum atomic E-state index is 14.8. The van der Waals surface area contributed by atoms with Crippen molar-refractivity contribution in [1.29, 1.82) is 0 Å². The second-order valence-corrected chi connectivity index (χ2v) is 8.22. The number of hydrogen-bond donors (Lipinski definition) is 1. The zero-order valence-corrected chi connectivity index (χ0v) is 17.4. The largest absolute Gasteiger partial charge is 0.494 e. The molecule has 1 saturated heterocycles. The van der Waals surface area contributed by atoms with Crippen LogP contribution >= 0.6 is 0 Å². The van der Waals surface area contributed by atoms with Gasteiger partial charge in [-0.05, 0) is 51.8 Å². The molecule has 0 amide bonds. The van der Waals surface area contributed by atoms with Gasteiger partial charge >= 0.3 is 7.12 Å². The van der Waals surface area contributed by atoms with Crippen LogP contribution in [-0.4, -0.2) is 39.7 Å². The molecule has 1 aromatic heterocycles. The number of H-pyrrole nitrogens is 1. The molecule has 2 heterocycles. The first-order chi connectivity index (χ1) is 13.2. The molecular weight excluding hydrogens is 356 g/mol. The minimum Gasteiger partial charge on any atom is -0.399 e. The fourth-order valence-corrected chi connectivity index (χ4v) is 3.17. The molecule has 0 spiro atoms. The van der Waals surface area contributed by atoms with Crippen molar-refractivity contribution in [2.75, 3.05) is 6.54 Å². The molecule has 0 saturated carbocycles. The van der Waals surface area contributed by atoms with Crippen molar-refractivity contribution >= 4 is 12.6 Å². The van der Waals surface area contributed by atoms with Gasteiger partial charge in [-0.2, -0.15) is 0 Å². The minimum absolute atomic E-state index is 0.337. The second kappa shape index (κ2) is 7.72. The number of imidazole rings is 1. The van der Waals surface area contributed by atoms with Crippen molar-refractivity contribution in [3.63, 3.8) is 0 Å². The van der Waals surface area contributed by atoms with E-state index in [9.17, 15) is 4.39 Å². The van der Waals surface area contributed by atoms with E-state index in [2.05, 4.69) is 28.4 Å². The van der Waals surface area contributed by atoms with Crippen LogP contribution in [0.1, 0.15) is 46.9 Å². The number of halogens is 1. The quantitative estimate of drug-likeness (QED) is 0.736. The molecule has 1 N–H and O–H groups in total. The Labute approximate surface area is 167 Å². The van der Waals surface area contributed by atoms with E-state index >= 15 is 0 Å². The minimum atomic E-state index is -0.582. The number of nitrogens with one attached hydrogen (secondary N) is 1. The molecule has 1 aliphatic heterocycles. The predicted molar refractivity (Wildman–Crippen MR) is 111 cm³/mol. The molecular formula is C21H29BFN3O2. The summed E-state index contributed by atoms with van der Waals surface area (Å²) in [5.41, 5.74) is 0.870. The van der Waals surface area contributed by atoms with E-state index in [1.807, 2.05) is 33.8 Å². The Morgan fingerprint density at radius 1 is 1.25 bits per heavy atom. The molecule has 5 nitrogen and oxygen atoms in total. The van der Waals surface area contributed by atoms with Gasteiger partial charge in [-0.15, -0.1) is 0 Å². The van der Waals surface area contributed by atoms with E-state index in [-0.39, 0.29) is 5.82 Å². The van der Waals surface area contributed by atoms with Gasteiger partial charge in [0.05, 0.1) is 29.6 Å². The van der Waals surface area contributed by atoms with E-state index in [1.165, 1.54) is 6.07 Å². The van der Waals surface area contributed by atoms with Gasteiger partial charge in [0.1, 0.15) is 11.6 Å². The fourth-order valence-electron chi connectivity index (χ4n) is 3.17. The molecule has 1 aliphatic rings. The molecule has 2 aromatic rings. The third kappa shape index (κ3) is 4.01. The van der Waals surface area contributed by atoms with Gasteiger partial charge in [-0.25, -0.2) is 9.37 Å². The summed E-state index contributed by atoms with van der Waals surface area (Å²) in [4.78, 5) is 9.66. The van der Waals surface area contributed by atoms with E-state index in [1.54, 1.807) is 18.5 Å². The van der Waals surface area contributed by atoms with Crippen molar-refractivity contribution in [3.05, 3.63) is 48.8 Å². The Balaban J connectivity index is 1.78. The van der Waals surface area contributed by atoms with Crippen molar-refractivity contribution in [1.82, 2.24) is 14.9 Å². The van der Waals surface area contributed by atoms with Crippen LogP contribution in [0.3, 0.4) is 0 Å².